The van der Waals surface area contributed by atoms with Crippen LogP contribution in [0, 0.1) is 0 Å². The third-order valence-electron chi connectivity index (χ3n) is 5.20. The third kappa shape index (κ3) is 4.68. The summed E-state index contributed by atoms with van der Waals surface area (Å²) in [5, 5.41) is 0.859. The molecule has 2 aliphatic heterocycles. The van der Waals surface area contributed by atoms with Crippen LogP contribution in [0.25, 0.3) is 0 Å². The zero-order chi connectivity index (χ0) is 22.2. The van der Waals surface area contributed by atoms with Crippen LogP contribution in [0.3, 0.4) is 0 Å². The van der Waals surface area contributed by atoms with Gasteiger partial charge in [-0.25, -0.2) is 8.42 Å². The number of thioether (sulfide) groups is 1. The summed E-state index contributed by atoms with van der Waals surface area (Å²) in [6.45, 7) is 0. The van der Waals surface area contributed by atoms with Crippen molar-refractivity contribution in [3.05, 3.63) is 53.1 Å². The molecule has 2 heterocycles. The first kappa shape index (κ1) is 22.0. The molecule has 1 amide bonds. The average Bonchev–Trinajstić information content (AvgIpc) is 3.19. The Morgan fingerprint density at radius 2 is 1.90 bits per heavy atom. The summed E-state index contributed by atoms with van der Waals surface area (Å²) in [5.41, 5.74) is 1.42. The molecule has 0 radical (unpaired) electrons. The van der Waals surface area contributed by atoms with Gasteiger partial charge in [-0.3, -0.25) is 4.79 Å². The van der Waals surface area contributed by atoms with E-state index in [1.54, 1.807) is 61.6 Å². The number of aliphatic imine (C=N–C) groups is 1. The Hall–Kier alpha value is -2.23. The fourth-order valence-corrected chi connectivity index (χ4v) is 7.80. The molecule has 31 heavy (non-hydrogen) atoms. The number of fused-ring (bicyclic) bond motifs is 1. The van der Waals surface area contributed by atoms with Crippen LogP contribution < -0.4 is 14.4 Å². The monoisotopic (exact) mass is 480 g/mol. The first-order valence-electron chi connectivity index (χ1n) is 9.54. The van der Waals surface area contributed by atoms with Crippen molar-refractivity contribution in [2.24, 2.45) is 4.99 Å². The smallest absolute Gasteiger partial charge is 0.252 e. The van der Waals surface area contributed by atoms with Gasteiger partial charge in [0.05, 0.1) is 43.9 Å². The summed E-state index contributed by atoms with van der Waals surface area (Å²) >= 11 is 7.23. The summed E-state index contributed by atoms with van der Waals surface area (Å²) in [6, 6.07) is 12.0. The Bertz CT molecular complexity index is 1130. The Balaban J connectivity index is 1.70. The highest BCUT2D eigenvalue weighted by Gasteiger charge is 2.50. The molecule has 0 spiro atoms. The van der Waals surface area contributed by atoms with Crippen LogP contribution in [-0.4, -0.2) is 56.5 Å². The van der Waals surface area contributed by atoms with Gasteiger partial charge in [0.2, 0.25) is 0 Å². The minimum atomic E-state index is -3.17. The van der Waals surface area contributed by atoms with Crippen molar-refractivity contribution in [2.75, 3.05) is 30.6 Å². The lowest BCUT2D eigenvalue weighted by molar-refractivity contribution is -0.117. The maximum absolute atomic E-state index is 12.7. The van der Waals surface area contributed by atoms with E-state index in [2.05, 4.69) is 4.99 Å². The number of rotatable bonds is 5. The van der Waals surface area contributed by atoms with E-state index >= 15 is 0 Å². The molecule has 2 aromatic carbocycles. The molecule has 2 unspecified atom stereocenters. The molecular formula is C21H21ClN2O5S2. The van der Waals surface area contributed by atoms with Crippen molar-refractivity contribution in [3.63, 3.8) is 0 Å². The molecule has 7 nitrogen and oxygen atoms in total. The van der Waals surface area contributed by atoms with E-state index in [0.717, 1.165) is 5.56 Å². The van der Waals surface area contributed by atoms with Crippen molar-refractivity contribution in [1.82, 2.24) is 0 Å². The van der Waals surface area contributed by atoms with Crippen LogP contribution in [-0.2, 0) is 21.1 Å². The van der Waals surface area contributed by atoms with Gasteiger partial charge in [-0.15, -0.1) is 0 Å². The molecule has 2 fully saturated rings. The van der Waals surface area contributed by atoms with Gasteiger partial charge in [-0.05, 0) is 29.8 Å². The standard InChI is InChI=1S/C21H21ClN2O5S2/c1-28-15-7-8-18(29-2)16(10-15)24-17-11-31(26,27)12-19(17)30-21(24)23-20(25)9-13-3-5-14(22)6-4-13/h3-8,10,17,19H,9,11-12H2,1-2H3. The van der Waals surface area contributed by atoms with Crippen molar-refractivity contribution in [1.29, 1.82) is 0 Å². The van der Waals surface area contributed by atoms with Gasteiger partial charge in [0, 0.05) is 16.3 Å². The van der Waals surface area contributed by atoms with E-state index in [1.807, 2.05) is 0 Å². The van der Waals surface area contributed by atoms with E-state index in [9.17, 15) is 13.2 Å². The van der Waals surface area contributed by atoms with Gasteiger partial charge in [-0.2, -0.15) is 4.99 Å². The van der Waals surface area contributed by atoms with E-state index in [0.29, 0.717) is 27.4 Å². The van der Waals surface area contributed by atoms with Crippen LogP contribution in [0.1, 0.15) is 5.56 Å². The van der Waals surface area contributed by atoms with Gasteiger partial charge in [0.1, 0.15) is 11.5 Å². The zero-order valence-corrected chi connectivity index (χ0v) is 19.3. The summed E-state index contributed by atoms with van der Waals surface area (Å²) in [7, 11) is -0.0783. The molecule has 4 rings (SSSR count). The molecule has 0 aromatic heterocycles. The fourth-order valence-electron chi connectivity index (χ4n) is 3.75. The van der Waals surface area contributed by atoms with Crippen molar-refractivity contribution >= 4 is 50.0 Å². The predicted molar refractivity (Wildman–Crippen MR) is 123 cm³/mol. The minimum absolute atomic E-state index is 0.00454. The Morgan fingerprint density at radius 1 is 1.16 bits per heavy atom. The highest BCUT2D eigenvalue weighted by atomic mass is 35.5. The maximum Gasteiger partial charge on any atom is 0.252 e. The number of nitrogens with zero attached hydrogens (tertiary/aromatic N) is 2. The number of carbonyl (C=O) groups is 1. The van der Waals surface area contributed by atoms with E-state index in [1.165, 1.54) is 11.8 Å². The maximum atomic E-state index is 12.7. The molecule has 164 valence electrons. The lowest BCUT2D eigenvalue weighted by Gasteiger charge is -2.26. The van der Waals surface area contributed by atoms with Crippen LogP contribution in [0.15, 0.2) is 47.5 Å². The first-order chi connectivity index (χ1) is 14.8. The SMILES string of the molecule is COc1ccc(OC)c(N2C(=NC(=O)Cc3ccc(Cl)cc3)SC3CS(=O)(=O)CC32)c1. The summed E-state index contributed by atoms with van der Waals surface area (Å²) in [5.74, 6) is 0.867. The molecule has 0 bridgehead atoms. The number of carbonyl (C=O) groups excluding carboxylic acids is 1. The number of amidine groups is 1. The highest BCUT2D eigenvalue weighted by molar-refractivity contribution is 8.16. The van der Waals surface area contributed by atoms with Gasteiger partial charge >= 0.3 is 0 Å². The minimum Gasteiger partial charge on any atom is -0.497 e. The number of amides is 1. The lowest BCUT2D eigenvalue weighted by atomic mass is 10.1. The normalized spacial score (nSPS) is 23.1. The average molecular weight is 481 g/mol. The summed E-state index contributed by atoms with van der Waals surface area (Å²) in [6.07, 6.45) is 0.123. The Labute approximate surface area is 190 Å². The molecule has 0 aliphatic carbocycles. The molecule has 2 aromatic rings. The first-order valence-corrected chi connectivity index (χ1v) is 12.6. The second kappa shape index (κ2) is 8.72. The highest BCUT2D eigenvalue weighted by Crippen LogP contribution is 2.45. The largest absolute Gasteiger partial charge is 0.497 e. The second-order valence-corrected chi connectivity index (χ2v) is 11.1. The lowest BCUT2D eigenvalue weighted by Crippen LogP contribution is -2.38. The summed E-state index contributed by atoms with van der Waals surface area (Å²) < 4.78 is 35.4. The second-order valence-electron chi connectivity index (χ2n) is 7.30. The number of anilines is 1. The predicted octanol–water partition coefficient (Wildman–Crippen LogP) is 3.20. The Kier molecular flexibility index (Phi) is 6.18. The fraction of sp³-hybridized carbons (Fsp3) is 0.333. The summed E-state index contributed by atoms with van der Waals surface area (Å²) in [4.78, 5) is 18.9. The van der Waals surface area contributed by atoms with Crippen molar-refractivity contribution in [2.45, 2.75) is 17.7 Å². The molecule has 0 N–H and O–H groups in total. The number of sulfone groups is 1. The van der Waals surface area contributed by atoms with Gasteiger partial charge in [0.15, 0.2) is 15.0 Å². The van der Waals surface area contributed by atoms with E-state index in [-0.39, 0.29) is 35.1 Å². The number of halogens is 1. The van der Waals surface area contributed by atoms with Gasteiger partial charge in [-0.1, -0.05) is 35.5 Å². The van der Waals surface area contributed by atoms with Gasteiger partial charge in [0.25, 0.3) is 5.91 Å². The molecule has 2 aliphatic rings. The topological polar surface area (TPSA) is 85.3 Å². The van der Waals surface area contributed by atoms with Crippen LogP contribution in [0.5, 0.6) is 11.5 Å². The van der Waals surface area contributed by atoms with Crippen LogP contribution in [0.4, 0.5) is 5.69 Å². The van der Waals surface area contributed by atoms with Gasteiger partial charge < -0.3 is 14.4 Å². The van der Waals surface area contributed by atoms with Crippen LogP contribution >= 0.6 is 23.4 Å². The number of methoxy groups -OCH3 is 2. The molecule has 0 saturated carbocycles. The number of hydrogen-bond donors (Lipinski definition) is 0. The molecular weight excluding hydrogens is 460 g/mol. The molecule has 2 saturated heterocycles. The van der Waals surface area contributed by atoms with Crippen molar-refractivity contribution < 1.29 is 22.7 Å². The van der Waals surface area contributed by atoms with Crippen LogP contribution in [0.2, 0.25) is 5.02 Å². The number of ether oxygens (including phenoxy) is 2. The quantitative estimate of drug-likeness (QED) is 0.649. The zero-order valence-electron chi connectivity index (χ0n) is 16.9. The third-order valence-corrected chi connectivity index (χ3v) is 8.66. The number of hydrogen-bond acceptors (Lipinski definition) is 6. The molecule has 2 atom stereocenters. The van der Waals surface area contributed by atoms with E-state index in [4.69, 9.17) is 21.1 Å². The Morgan fingerprint density at radius 3 is 2.58 bits per heavy atom. The van der Waals surface area contributed by atoms with E-state index < -0.39 is 9.84 Å². The van der Waals surface area contributed by atoms with Crippen molar-refractivity contribution in [3.8, 4) is 11.5 Å². The number of benzene rings is 2. The molecule has 10 heteroatoms.